The van der Waals surface area contributed by atoms with Gasteiger partial charge in [0.15, 0.2) is 0 Å². The van der Waals surface area contributed by atoms with Gasteiger partial charge in [-0.2, -0.15) is 15.0 Å². The summed E-state index contributed by atoms with van der Waals surface area (Å²) in [6.45, 7) is 11.9. The molecule has 90 valence electrons. The zero-order valence-electron chi connectivity index (χ0n) is 10.8. The lowest BCUT2D eigenvalue weighted by Gasteiger charge is -2.21. The Morgan fingerprint density at radius 1 is 0.938 bits per heavy atom. The van der Waals surface area contributed by atoms with Gasteiger partial charge in [-0.15, -0.1) is 0 Å². The smallest absolute Gasteiger partial charge is 0.322 e. The number of rotatable bonds is 1. The third-order valence-electron chi connectivity index (χ3n) is 1.70. The van der Waals surface area contributed by atoms with E-state index in [1.807, 2.05) is 41.5 Å². The Balaban J connectivity index is 3.09. The average Bonchev–Trinajstić information content (AvgIpc) is 1.97. The zero-order valence-corrected chi connectivity index (χ0v) is 10.8. The second kappa shape index (κ2) is 3.88. The maximum atomic E-state index is 5.63. The average molecular weight is 224 g/mol. The van der Waals surface area contributed by atoms with Gasteiger partial charge in [0, 0.05) is 5.41 Å². The predicted octanol–water partition coefficient (Wildman–Crippen LogP) is 1.93. The first-order valence-corrected chi connectivity index (χ1v) is 5.29. The Labute approximate surface area is 96.5 Å². The predicted molar refractivity (Wildman–Crippen MR) is 63.3 cm³/mol. The van der Waals surface area contributed by atoms with Crippen LogP contribution in [0.15, 0.2) is 0 Å². The minimum absolute atomic E-state index is 0.174. The van der Waals surface area contributed by atoms with Crippen LogP contribution >= 0.6 is 0 Å². The maximum Gasteiger partial charge on any atom is 0.322 e. The lowest BCUT2D eigenvalue weighted by atomic mass is 9.96. The minimum Gasteiger partial charge on any atom is -0.458 e. The van der Waals surface area contributed by atoms with E-state index in [1.165, 1.54) is 0 Å². The number of anilines is 1. The molecule has 2 N–H and O–H groups in total. The van der Waals surface area contributed by atoms with E-state index in [0.29, 0.717) is 5.82 Å². The van der Waals surface area contributed by atoms with E-state index in [9.17, 15) is 0 Å². The maximum absolute atomic E-state index is 5.63. The minimum atomic E-state index is -0.344. The van der Waals surface area contributed by atoms with Crippen molar-refractivity contribution in [3.8, 4) is 6.01 Å². The lowest BCUT2D eigenvalue weighted by molar-refractivity contribution is 0.115. The van der Waals surface area contributed by atoms with Crippen LogP contribution in [0.3, 0.4) is 0 Å². The van der Waals surface area contributed by atoms with Gasteiger partial charge in [0.1, 0.15) is 11.4 Å². The van der Waals surface area contributed by atoms with Gasteiger partial charge in [-0.1, -0.05) is 20.8 Å². The number of nitrogens with zero attached hydrogens (tertiary/aromatic N) is 3. The number of nitrogen functional groups attached to an aromatic ring is 1. The van der Waals surface area contributed by atoms with Gasteiger partial charge in [-0.05, 0) is 20.8 Å². The Kier molecular flexibility index (Phi) is 3.08. The summed E-state index contributed by atoms with van der Waals surface area (Å²) in [6, 6.07) is 0.282. The highest BCUT2D eigenvalue weighted by Crippen LogP contribution is 2.21. The molecule has 5 heteroatoms. The number of hydrogen-bond acceptors (Lipinski definition) is 5. The van der Waals surface area contributed by atoms with Crippen molar-refractivity contribution in [2.75, 3.05) is 5.73 Å². The van der Waals surface area contributed by atoms with Gasteiger partial charge in [0.25, 0.3) is 0 Å². The molecule has 0 atom stereocenters. The molecule has 0 aromatic carbocycles. The number of aromatic nitrogens is 3. The molecule has 0 radical (unpaired) electrons. The number of ether oxygens (including phenoxy) is 1. The van der Waals surface area contributed by atoms with Crippen molar-refractivity contribution < 1.29 is 4.74 Å². The quantitative estimate of drug-likeness (QED) is 0.789. The molecule has 0 aliphatic heterocycles. The molecule has 0 saturated heterocycles. The fraction of sp³-hybridized carbons (Fsp3) is 0.727. The molecule has 16 heavy (non-hydrogen) atoms. The highest BCUT2D eigenvalue weighted by Gasteiger charge is 2.21. The first-order valence-electron chi connectivity index (χ1n) is 5.29. The van der Waals surface area contributed by atoms with Crippen LogP contribution in [0.5, 0.6) is 6.01 Å². The summed E-state index contributed by atoms with van der Waals surface area (Å²) in [5.74, 6) is 0.832. The van der Waals surface area contributed by atoms with Crippen molar-refractivity contribution in [1.29, 1.82) is 0 Å². The third kappa shape index (κ3) is 3.64. The molecule has 0 amide bonds. The van der Waals surface area contributed by atoms with Crippen molar-refractivity contribution in [2.24, 2.45) is 0 Å². The Bertz CT molecular complexity index is 377. The van der Waals surface area contributed by atoms with Crippen molar-refractivity contribution in [1.82, 2.24) is 15.0 Å². The summed E-state index contributed by atoms with van der Waals surface area (Å²) >= 11 is 0. The van der Waals surface area contributed by atoms with Gasteiger partial charge in [-0.3, -0.25) is 0 Å². The monoisotopic (exact) mass is 224 g/mol. The summed E-state index contributed by atoms with van der Waals surface area (Å²) < 4.78 is 5.58. The largest absolute Gasteiger partial charge is 0.458 e. The molecular formula is C11H20N4O. The van der Waals surface area contributed by atoms with Gasteiger partial charge in [-0.25, -0.2) is 0 Å². The van der Waals surface area contributed by atoms with Crippen LogP contribution in [-0.2, 0) is 5.41 Å². The van der Waals surface area contributed by atoms with E-state index >= 15 is 0 Å². The SMILES string of the molecule is CC(C)(C)Oc1nc(N)nc(C(C)(C)C)n1. The van der Waals surface area contributed by atoms with E-state index in [1.54, 1.807) is 0 Å². The van der Waals surface area contributed by atoms with Gasteiger partial charge < -0.3 is 10.5 Å². The van der Waals surface area contributed by atoms with E-state index < -0.39 is 0 Å². The molecule has 1 aromatic heterocycles. The van der Waals surface area contributed by atoms with Crippen LogP contribution < -0.4 is 10.5 Å². The van der Waals surface area contributed by atoms with Gasteiger partial charge in [0.05, 0.1) is 0 Å². The van der Waals surface area contributed by atoms with E-state index in [0.717, 1.165) is 0 Å². The topological polar surface area (TPSA) is 73.9 Å². The molecule has 1 aromatic rings. The van der Waals surface area contributed by atoms with E-state index in [2.05, 4.69) is 15.0 Å². The number of nitrogens with two attached hydrogens (primary N) is 1. The number of hydrogen-bond donors (Lipinski definition) is 1. The Morgan fingerprint density at radius 2 is 1.50 bits per heavy atom. The van der Waals surface area contributed by atoms with Crippen molar-refractivity contribution in [3.05, 3.63) is 5.82 Å². The molecule has 0 unspecified atom stereocenters. The van der Waals surface area contributed by atoms with Crippen molar-refractivity contribution in [2.45, 2.75) is 52.6 Å². The fourth-order valence-corrected chi connectivity index (χ4v) is 1.03. The fourth-order valence-electron chi connectivity index (χ4n) is 1.03. The molecule has 0 aliphatic rings. The van der Waals surface area contributed by atoms with Crippen LogP contribution in [0, 0.1) is 0 Å². The highest BCUT2D eigenvalue weighted by molar-refractivity contribution is 5.21. The molecule has 0 aliphatic carbocycles. The second-order valence-electron chi connectivity index (χ2n) is 5.76. The highest BCUT2D eigenvalue weighted by atomic mass is 16.5. The third-order valence-corrected chi connectivity index (χ3v) is 1.70. The van der Waals surface area contributed by atoms with Gasteiger partial charge in [0.2, 0.25) is 5.95 Å². The first-order chi connectivity index (χ1) is 7.08. The van der Waals surface area contributed by atoms with Crippen LogP contribution in [-0.4, -0.2) is 20.6 Å². The van der Waals surface area contributed by atoms with Crippen LogP contribution in [0.2, 0.25) is 0 Å². The molecule has 0 saturated carbocycles. The molecule has 1 heterocycles. The Morgan fingerprint density at radius 3 is 1.94 bits per heavy atom. The normalized spacial score (nSPS) is 12.6. The molecular weight excluding hydrogens is 204 g/mol. The van der Waals surface area contributed by atoms with E-state index in [4.69, 9.17) is 10.5 Å². The van der Waals surface area contributed by atoms with Crippen LogP contribution in [0.1, 0.15) is 47.4 Å². The summed E-state index contributed by atoms with van der Waals surface area (Å²) in [7, 11) is 0. The molecule has 1 rings (SSSR count). The van der Waals surface area contributed by atoms with Crippen molar-refractivity contribution >= 4 is 5.95 Å². The summed E-state index contributed by atoms with van der Waals surface area (Å²) in [4.78, 5) is 12.3. The summed E-state index contributed by atoms with van der Waals surface area (Å²) in [5.41, 5.74) is 5.11. The van der Waals surface area contributed by atoms with Crippen LogP contribution in [0.4, 0.5) is 5.95 Å². The molecule has 0 fully saturated rings. The zero-order chi connectivity index (χ0) is 12.6. The van der Waals surface area contributed by atoms with Crippen LogP contribution in [0.25, 0.3) is 0 Å². The molecule has 0 spiro atoms. The second-order valence-corrected chi connectivity index (χ2v) is 5.76. The van der Waals surface area contributed by atoms with E-state index in [-0.39, 0.29) is 23.0 Å². The lowest BCUT2D eigenvalue weighted by Crippen LogP contribution is -2.26. The molecule has 5 nitrogen and oxygen atoms in total. The first kappa shape index (κ1) is 12.7. The summed E-state index contributed by atoms with van der Waals surface area (Å²) in [6.07, 6.45) is 0. The van der Waals surface area contributed by atoms with Crippen molar-refractivity contribution in [3.63, 3.8) is 0 Å². The summed E-state index contributed by atoms with van der Waals surface area (Å²) in [5, 5.41) is 0. The Hall–Kier alpha value is -1.39. The standard InChI is InChI=1S/C11H20N4O/c1-10(2,3)7-13-8(12)15-9(14-7)16-11(4,5)6/h1-6H3,(H2,12,13,14,15). The molecule has 0 bridgehead atoms. The van der Waals surface area contributed by atoms with Gasteiger partial charge >= 0.3 is 6.01 Å².